The van der Waals surface area contributed by atoms with Crippen molar-refractivity contribution in [2.45, 2.75) is 13.1 Å². The predicted octanol–water partition coefficient (Wildman–Crippen LogP) is 4.20. The summed E-state index contributed by atoms with van der Waals surface area (Å²) >= 11 is 0. The summed E-state index contributed by atoms with van der Waals surface area (Å²) in [5, 5.41) is 12.6. The van der Waals surface area contributed by atoms with Gasteiger partial charge >= 0.3 is 0 Å². The number of methoxy groups -OCH3 is 3. The number of phenols is 1. The molecular weight excluding hydrogens is 342 g/mol. The number of ether oxygens (including phenoxy) is 3. The van der Waals surface area contributed by atoms with E-state index >= 15 is 0 Å². The van der Waals surface area contributed by atoms with Gasteiger partial charge in [-0.3, -0.25) is 4.90 Å². The molecule has 0 saturated heterocycles. The van der Waals surface area contributed by atoms with Gasteiger partial charge in [0.2, 0.25) is 5.75 Å². The monoisotopic (exact) mass is 367 g/mol. The molecule has 3 rings (SSSR count). The fraction of sp³-hybridized carbons (Fsp3) is 0.273. The molecule has 0 fully saturated rings. The third-order valence-corrected chi connectivity index (χ3v) is 4.67. The van der Waals surface area contributed by atoms with Gasteiger partial charge in [0.25, 0.3) is 0 Å². The average Bonchev–Trinajstić information content (AvgIpc) is 2.69. The van der Waals surface area contributed by atoms with Crippen LogP contribution >= 0.6 is 0 Å². The molecule has 0 saturated carbocycles. The molecule has 5 nitrogen and oxygen atoms in total. The van der Waals surface area contributed by atoms with Crippen LogP contribution in [0, 0.1) is 0 Å². The topological polar surface area (TPSA) is 51.2 Å². The lowest BCUT2D eigenvalue weighted by molar-refractivity contribution is 0.294. The Balaban J connectivity index is 1.89. The van der Waals surface area contributed by atoms with Crippen LogP contribution in [0.25, 0.3) is 10.8 Å². The Bertz CT molecular complexity index is 939. The number of fused-ring (bicyclic) bond motifs is 1. The summed E-state index contributed by atoms with van der Waals surface area (Å²) < 4.78 is 16.4. The van der Waals surface area contributed by atoms with Gasteiger partial charge in [-0.1, -0.05) is 36.4 Å². The molecule has 5 heteroatoms. The van der Waals surface area contributed by atoms with Gasteiger partial charge in [0.15, 0.2) is 11.5 Å². The van der Waals surface area contributed by atoms with Crippen LogP contribution in [-0.4, -0.2) is 38.4 Å². The number of rotatable bonds is 7. The summed E-state index contributed by atoms with van der Waals surface area (Å²) in [6.07, 6.45) is 0. The number of nitrogens with zero attached hydrogens (tertiary/aromatic N) is 1. The first kappa shape index (κ1) is 18.9. The summed E-state index contributed by atoms with van der Waals surface area (Å²) in [5.74, 6) is 2.18. The van der Waals surface area contributed by atoms with E-state index in [4.69, 9.17) is 14.2 Å². The standard InChI is InChI=1S/C22H25NO4/c1-23(13-16-10-12-20(25-2)22(27-4)21(16)26-3)14-18-17-8-6-5-7-15(17)9-11-19(18)24/h5-12,24H,13-14H2,1-4H3. The summed E-state index contributed by atoms with van der Waals surface area (Å²) in [4.78, 5) is 2.13. The Labute approximate surface area is 159 Å². The van der Waals surface area contributed by atoms with Crippen molar-refractivity contribution in [1.82, 2.24) is 4.90 Å². The Morgan fingerprint density at radius 3 is 2.26 bits per heavy atom. The molecule has 3 aromatic carbocycles. The van der Waals surface area contributed by atoms with Crippen molar-refractivity contribution in [3.05, 3.63) is 59.7 Å². The van der Waals surface area contributed by atoms with Crippen LogP contribution in [0.1, 0.15) is 11.1 Å². The van der Waals surface area contributed by atoms with Gasteiger partial charge in [0, 0.05) is 24.2 Å². The van der Waals surface area contributed by atoms with Gasteiger partial charge in [0.05, 0.1) is 21.3 Å². The minimum absolute atomic E-state index is 0.305. The van der Waals surface area contributed by atoms with E-state index in [0.29, 0.717) is 36.1 Å². The van der Waals surface area contributed by atoms with Crippen LogP contribution in [0.2, 0.25) is 0 Å². The zero-order valence-electron chi connectivity index (χ0n) is 16.2. The lowest BCUT2D eigenvalue weighted by Crippen LogP contribution is -2.18. The van der Waals surface area contributed by atoms with Crippen molar-refractivity contribution in [2.75, 3.05) is 28.4 Å². The van der Waals surface area contributed by atoms with Gasteiger partial charge < -0.3 is 19.3 Å². The van der Waals surface area contributed by atoms with Crippen LogP contribution in [0.15, 0.2) is 48.5 Å². The Hall–Kier alpha value is -2.92. The van der Waals surface area contributed by atoms with E-state index in [9.17, 15) is 5.11 Å². The zero-order chi connectivity index (χ0) is 19.4. The molecule has 0 bridgehead atoms. The molecule has 142 valence electrons. The first-order chi connectivity index (χ1) is 13.1. The zero-order valence-corrected chi connectivity index (χ0v) is 16.2. The third-order valence-electron chi connectivity index (χ3n) is 4.67. The molecule has 1 N–H and O–H groups in total. The van der Waals surface area contributed by atoms with Gasteiger partial charge in [-0.15, -0.1) is 0 Å². The lowest BCUT2D eigenvalue weighted by atomic mass is 10.0. The molecular formula is C22H25NO4. The van der Waals surface area contributed by atoms with Crippen LogP contribution in [0.4, 0.5) is 0 Å². The number of benzene rings is 3. The van der Waals surface area contributed by atoms with Gasteiger partial charge in [-0.2, -0.15) is 0 Å². The van der Waals surface area contributed by atoms with Gasteiger partial charge in [-0.05, 0) is 30.0 Å². The summed E-state index contributed by atoms with van der Waals surface area (Å²) in [6, 6.07) is 15.6. The second-order valence-electron chi connectivity index (χ2n) is 6.45. The second-order valence-corrected chi connectivity index (χ2v) is 6.45. The molecule has 0 spiro atoms. The average molecular weight is 367 g/mol. The molecule has 0 radical (unpaired) electrons. The van der Waals surface area contributed by atoms with Crippen molar-refractivity contribution in [3.63, 3.8) is 0 Å². The van der Waals surface area contributed by atoms with Crippen molar-refractivity contribution >= 4 is 10.8 Å². The van der Waals surface area contributed by atoms with Crippen LogP contribution < -0.4 is 14.2 Å². The maximum atomic E-state index is 10.4. The normalized spacial score (nSPS) is 11.0. The number of phenolic OH excluding ortho intramolecular Hbond substituents is 1. The lowest BCUT2D eigenvalue weighted by Gasteiger charge is -2.22. The highest BCUT2D eigenvalue weighted by molar-refractivity contribution is 5.87. The molecule has 3 aromatic rings. The van der Waals surface area contributed by atoms with Gasteiger partial charge in [0.1, 0.15) is 5.75 Å². The summed E-state index contributed by atoms with van der Waals surface area (Å²) in [6.45, 7) is 1.23. The SMILES string of the molecule is COc1ccc(CN(C)Cc2c(O)ccc3ccccc23)c(OC)c1OC. The van der Waals surface area contributed by atoms with E-state index in [2.05, 4.69) is 11.0 Å². The van der Waals surface area contributed by atoms with Crippen LogP contribution in [0.3, 0.4) is 0 Å². The highest BCUT2D eigenvalue weighted by Gasteiger charge is 2.18. The molecule has 0 aliphatic carbocycles. The molecule has 0 aliphatic heterocycles. The number of hydrogen-bond acceptors (Lipinski definition) is 5. The Kier molecular flexibility index (Phi) is 5.72. The molecule has 27 heavy (non-hydrogen) atoms. The van der Waals surface area contributed by atoms with E-state index in [1.54, 1.807) is 27.4 Å². The first-order valence-corrected chi connectivity index (χ1v) is 8.75. The third kappa shape index (κ3) is 3.78. The van der Waals surface area contributed by atoms with Crippen LogP contribution in [-0.2, 0) is 13.1 Å². The van der Waals surface area contributed by atoms with Crippen molar-refractivity contribution in [2.24, 2.45) is 0 Å². The van der Waals surface area contributed by atoms with E-state index in [1.165, 1.54) is 0 Å². The fourth-order valence-electron chi connectivity index (χ4n) is 3.39. The summed E-state index contributed by atoms with van der Waals surface area (Å²) in [5.41, 5.74) is 1.90. The predicted molar refractivity (Wildman–Crippen MR) is 107 cm³/mol. The highest BCUT2D eigenvalue weighted by atomic mass is 16.5. The number of aromatic hydroxyl groups is 1. The largest absolute Gasteiger partial charge is 0.508 e. The molecule has 0 amide bonds. The number of hydrogen-bond donors (Lipinski definition) is 1. The second kappa shape index (κ2) is 8.18. The smallest absolute Gasteiger partial charge is 0.203 e. The van der Waals surface area contributed by atoms with Crippen molar-refractivity contribution in [3.8, 4) is 23.0 Å². The fourth-order valence-corrected chi connectivity index (χ4v) is 3.39. The minimum Gasteiger partial charge on any atom is -0.508 e. The molecule has 0 aromatic heterocycles. The molecule has 0 heterocycles. The minimum atomic E-state index is 0.305. The van der Waals surface area contributed by atoms with Crippen LogP contribution in [0.5, 0.6) is 23.0 Å². The molecule has 0 unspecified atom stereocenters. The maximum absolute atomic E-state index is 10.4. The Morgan fingerprint density at radius 2 is 1.56 bits per heavy atom. The summed E-state index contributed by atoms with van der Waals surface area (Å²) in [7, 11) is 6.84. The van der Waals surface area contributed by atoms with Gasteiger partial charge in [-0.25, -0.2) is 0 Å². The van der Waals surface area contributed by atoms with E-state index < -0.39 is 0 Å². The quantitative estimate of drug-likeness (QED) is 0.678. The van der Waals surface area contributed by atoms with E-state index in [1.807, 2.05) is 43.4 Å². The van der Waals surface area contributed by atoms with Crippen molar-refractivity contribution in [1.29, 1.82) is 0 Å². The molecule has 0 atom stereocenters. The highest BCUT2D eigenvalue weighted by Crippen LogP contribution is 2.40. The molecule has 0 aliphatic rings. The van der Waals surface area contributed by atoms with E-state index in [0.717, 1.165) is 21.9 Å². The first-order valence-electron chi connectivity index (χ1n) is 8.75. The van der Waals surface area contributed by atoms with Crippen molar-refractivity contribution < 1.29 is 19.3 Å². The Morgan fingerprint density at radius 1 is 0.815 bits per heavy atom. The maximum Gasteiger partial charge on any atom is 0.203 e. The van der Waals surface area contributed by atoms with E-state index in [-0.39, 0.29) is 0 Å².